The number of ketones is 1. The Kier molecular flexibility index (Phi) is 7.82. The lowest BCUT2D eigenvalue weighted by molar-refractivity contribution is -0.132. The normalized spacial score (nSPS) is 12.0. The number of amides is 1. The van der Waals surface area contributed by atoms with Crippen LogP contribution in [0.15, 0.2) is 30.3 Å². The molecule has 7 nitrogen and oxygen atoms in total. The lowest BCUT2D eigenvalue weighted by Crippen LogP contribution is -2.44. The predicted octanol–water partition coefficient (Wildman–Crippen LogP) is 2.37. The number of hydrogen-bond donors (Lipinski definition) is 2. The number of carbonyl (C=O) groups is 2. The minimum atomic E-state index is -0.843. The highest BCUT2D eigenvalue weighted by molar-refractivity contribution is 6.28. The molecule has 0 aromatic heterocycles. The maximum absolute atomic E-state index is 11.9. The fourth-order valence-electron chi connectivity index (χ4n) is 1.85. The number of carbonyl (C=O) groups excluding carboxylic acids is 2. The van der Waals surface area contributed by atoms with E-state index >= 15 is 0 Å². The average molecular weight is 334 g/mol. The molecule has 0 saturated carbocycles. The van der Waals surface area contributed by atoms with Gasteiger partial charge in [0.25, 0.3) is 5.78 Å². The molecule has 1 rings (SSSR count). The van der Waals surface area contributed by atoms with Gasteiger partial charge >= 0.3 is 12.3 Å². The summed E-state index contributed by atoms with van der Waals surface area (Å²) in [7, 11) is 0. The van der Waals surface area contributed by atoms with Crippen LogP contribution in [0.2, 0.25) is 0 Å². The Morgan fingerprint density at radius 2 is 1.96 bits per heavy atom. The Morgan fingerprint density at radius 3 is 2.54 bits per heavy atom. The van der Waals surface area contributed by atoms with Crippen LogP contribution in [0.1, 0.15) is 32.8 Å². The minimum absolute atomic E-state index is 0.261. The average Bonchev–Trinajstić information content (AvgIpc) is 2.49. The molecule has 1 atom stereocenters. The fourth-order valence-corrected chi connectivity index (χ4v) is 1.85. The molecule has 1 aromatic rings. The zero-order valence-corrected chi connectivity index (χ0v) is 14.2. The summed E-state index contributed by atoms with van der Waals surface area (Å²) in [5.74, 6) is -0.473. The highest BCUT2D eigenvalue weighted by atomic mass is 16.6. The first-order valence-corrected chi connectivity index (χ1v) is 7.66. The standard InChI is InChI=1S/C17H23N3O4/c1-17(2,3)24-16(22)20-14(15(21)11-19-18)9-10-23-12-13-7-5-4-6-8-13/h4-8,11,14,18H,9-10,12H2,1-3H3/p+1/t14-/m0/s1. The molecule has 7 heteroatoms. The van der Waals surface area contributed by atoms with Gasteiger partial charge in [0.1, 0.15) is 11.6 Å². The molecular weight excluding hydrogens is 310 g/mol. The molecule has 1 aromatic carbocycles. The van der Waals surface area contributed by atoms with Crippen LogP contribution in [0.25, 0.3) is 0 Å². The molecule has 0 radical (unpaired) electrons. The summed E-state index contributed by atoms with van der Waals surface area (Å²) in [5, 5.41) is 2.49. The van der Waals surface area contributed by atoms with E-state index in [0.29, 0.717) is 6.61 Å². The van der Waals surface area contributed by atoms with Gasteiger partial charge in [-0.2, -0.15) is 0 Å². The summed E-state index contributed by atoms with van der Waals surface area (Å²) >= 11 is 0. The summed E-state index contributed by atoms with van der Waals surface area (Å²) in [5.41, 5.74) is 7.11. The van der Waals surface area contributed by atoms with Crippen molar-refractivity contribution in [3.05, 3.63) is 35.9 Å². The fraction of sp³-hybridized carbons (Fsp3) is 0.471. The Morgan fingerprint density at radius 1 is 1.29 bits per heavy atom. The first-order chi connectivity index (χ1) is 11.3. The second kappa shape index (κ2) is 9.60. The van der Waals surface area contributed by atoms with E-state index in [-0.39, 0.29) is 13.0 Å². The smallest absolute Gasteiger partial charge is 0.408 e. The number of nitrogens with zero attached hydrogens (tertiary/aromatic N) is 1. The van der Waals surface area contributed by atoms with Gasteiger partial charge in [-0.15, -0.1) is 0 Å². The van der Waals surface area contributed by atoms with Crippen molar-refractivity contribution >= 4 is 18.1 Å². The number of alkyl carbamates (subject to hydrolysis) is 1. The number of nitrogens with one attached hydrogen (secondary N) is 2. The Bertz CT molecular complexity index is 590. The number of ether oxygens (including phenoxy) is 2. The second-order valence-electron chi connectivity index (χ2n) is 6.19. The minimum Gasteiger partial charge on any atom is -0.444 e. The second-order valence-corrected chi connectivity index (χ2v) is 6.19. The zero-order valence-electron chi connectivity index (χ0n) is 14.2. The van der Waals surface area contributed by atoms with Crippen molar-refractivity contribution in [1.82, 2.24) is 5.32 Å². The van der Waals surface area contributed by atoms with Crippen LogP contribution in [-0.2, 0) is 20.9 Å². The van der Waals surface area contributed by atoms with Crippen molar-refractivity contribution < 1.29 is 23.9 Å². The van der Waals surface area contributed by atoms with Gasteiger partial charge < -0.3 is 14.8 Å². The van der Waals surface area contributed by atoms with E-state index in [0.717, 1.165) is 11.8 Å². The van der Waals surface area contributed by atoms with Crippen LogP contribution in [0.3, 0.4) is 0 Å². The van der Waals surface area contributed by atoms with Crippen molar-refractivity contribution in [3.63, 3.8) is 0 Å². The monoisotopic (exact) mass is 334 g/mol. The summed E-state index contributed by atoms with van der Waals surface area (Å²) in [6.45, 7) is 5.89. The zero-order chi connectivity index (χ0) is 18.0. The van der Waals surface area contributed by atoms with Gasteiger partial charge in [0, 0.05) is 6.61 Å². The molecule has 0 saturated heterocycles. The quantitative estimate of drug-likeness (QED) is 0.330. The summed E-state index contributed by atoms with van der Waals surface area (Å²) < 4.78 is 10.7. The molecule has 0 heterocycles. The molecule has 2 N–H and O–H groups in total. The van der Waals surface area contributed by atoms with Crippen LogP contribution in [0, 0.1) is 5.53 Å². The predicted molar refractivity (Wildman–Crippen MR) is 87.9 cm³/mol. The maximum atomic E-state index is 11.9. The van der Waals surface area contributed by atoms with Crippen molar-refractivity contribution in [2.75, 3.05) is 6.61 Å². The van der Waals surface area contributed by atoms with Crippen LogP contribution in [0.5, 0.6) is 0 Å². The van der Waals surface area contributed by atoms with E-state index in [4.69, 9.17) is 15.0 Å². The maximum Gasteiger partial charge on any atom is 0.408 e. The van der Waals surface area contributed by atoms with Crippen molar-refractivity contribution in [2.24, 2.45) is 0 Å². The molecule has 0 aliphatic heterocycles. The van der Waals surface area contributed by atoms with Crippen LogP contribution < -0.4 is 5.32 Å². The molecule has 0 aliphatic rings. The first kappa shape index (κ1) is 19.5. The van der Waals surface area contributed by atoms with Gasteiger partial charge in [-0.3, -0.25) is 4.79 Å². The Labute approximate surface area is 141 Å². The SMILES string of the molecule is CC(C)(C)OC(=O)N[C@@H](CCOCc1ccccc1)C(=O)C=[N+]=N. The highest BCUT2D eigenvalue weighted by Gasteiger charge is 2.25. The van der Waals surface area contributed by atoms with Gasteiger partial charge in [0.15, 0.2) is 0 Å². The van der Waals surface area contributed by atoms with Crippen LogP contribution >= 0.6 is 0 Å². The third-order valence-corrected chi connectivity index (χ3v) is 2.89. The molecule has 0 fully saturated rings. The third kappa shape index (κ3) is 8.22. The van der Waals surface area contributed by atoms with Gasteiger partial charge in [0.05, 0.1) is 16.9 Å². The molecule has 0 aliphatic carbocycles. The van der Waals surface area contributed by atoms with E-state index < -0.39 is 23.5 Å². The van der Waals surface area contributed by atoms with Crippen molar-refractivity contribution in [3.8, 4) is 0 Å². The van der Waals surface area contributed by atoms with Crippen molar-refractivity contribution in [2.45, 2.75) is 45.4 Å². The van der Waals surface area contributed by atoms with E-state index in [1.807, 2.05) is 30.3 Å². The first-order valence-electron chi connectivity index (χ1n) is 7.66. The number of Topliss-reactive ketones (excluding diaryl/α,β-unsaturated/α-hetero) is 1. The molecule has 24 heavy (non-hydrogen) atoms. The number of benzene rings is 1. The number of rotatable bonds is 8. The summed E-state index contributed by atoms with van der Waals surface area (Å²) in [6.07, 6.45) is 0.429. The molecule has 130 valence electrons. The lowest BCUT2D eigenvalue weighted by Gasteiger charge is -2.22. The topological polar surface area (TPSA) is 103 Å². The Balaban J connectivity index is 2.51. The molecule has 1 amide bonds. The van der Waals surface area contributed by atoms with Crippen LogP contribution in [0.4, 0.5) is 4.79 Å². The largest absolute Gasteiger partial charge is 0.444 e. The van der Waals surface area contributed by atoms with Crippen molar-refractivity contribution in [1.29, 1.82) is 5.53 Å². The van der Waals surface area contributed by atoms with Gasteiger partial charge in [0.2, 0.25) is 0 Å². The van der Waals surface area contributed by atoms with Gasteiger partial charge in [-0.05, 0) is 32.8 Å². The van der Waals surface area contributed by atoms with Gasteiger partial charge in [-0.25, -0.2) is 4.79 Å². The summed E-state index contributed by atoms with van der Waals surface area (Å²) in [4.78, 5) is 26.7. The summed E-state index contributed by atoms with van der Waals surface area (Å²) in [6, 6.07) is 8.79. The van der Waals surface area contributed by atoms with E-state index in [9.17, 15) is 9.59 Å². The van der Waals surface area contributed by atoms with Gasteiger partial charge in [-0.1, -0.05) is 30.3 Å². The van der Waals surface area contributed by atoms with E-state index in [1.54, 1.807) is 20.8 Å². The molecular formula is C17H24N3O4+. The lowest BCUT2D eigenvalue weighted by atomic mass is 10.1. The third-order valence-electron chi connectivity index (χ3n) is 2.89. The van der Waals surface area contributed by atoms with Crippen LogP contribution in [-0.4, -0.2) is 41.1 Å². The Hall–Kier alpha value is -2.50. The highest BCUT2D eigenvalue weighted by Crippen LogP contribution is 2.08. The molecule has 0 bridgehead atoms. The van der Waals surface area contributed by atoms with E-state index in [2.05, 4.69) is 10.1 Å². The van der Waals surface area contributed by atoms with E-state index in [1.165, 1.54) is 0 Å². The molecule has 0 unspecified atom stereocenters. The molecule has 0 spiro atoms. The number of hydrogen-bond acceptors (Lipinski definition) is 5.